The molecule has 0 aromatic heterocycles. The number of nitro groups is 1. The number of nitrogens with zero attached hydrogens (tertiary/aromatic N) is 2. The average molecular weight is 263 g/mol. The van der Waals surface area contributed by atoms with Crippen LogP contribution >= 0.6 is 0 Å². The monoisotopic (exact) mass is 263 g/mol. The molecule has 0 bridgehead atoms. The normalized spacial score (nSPS) is 13.3. The van der Waals surface area contributed by atoms with Gasteiger partial charge >= 0.3 is 0 Å². The predicted molar refractivity (Wildman–Crippen MR) is 70.9 cm³/mol. The highest BCUT2D eigenvalue weighted by Crippen LogP contribution is 2.18. The van der Waals surface area contributed by atoms with Gasteiger partial charge in [-0.3, -0.25) is 15.4 Å². The number of nitro benzene ring substituents is 1. The first-order chi connectivity index (χ1) is 9.00. The molecule has 102 valence electrons. The van der Waals surface area contributed by atoms with E-state index in [9.17, 15) is 10.1 Å². The Hall–Kier alpha value is -2.13. The molecule has 0 radical (unpaired) electrons. The van der Waals surface area contributed by atoms with Crippen LogP contribution in [0, 0.1) is 21.4 Å². The third-order valence-electron chi connectivity index (χ3n) is 2.73. The highest BCUT2D eigenvalue weighted by molar-refractivity contribution is 5.35. The fraction of sp³-hybridized carbons (Fsp3) is 0.462. The third kappa shape index (κ3) is 4.56. The second-order valence-electron chi connectivity index (χ2n) is 4.32. The van der Waals surface area contributed by atoms with E-state index in [0.29, 0.717) is 25.3 Å². The summed E-state index contributed by atoms with van der Waals surface area (Å²) in [6, 6.07) is 8.09. The number of rotatable bonds is 7. The van der Waals surface area contributed by atoms with Crippen LogP contribution in [0.25, 0.3) is 0 Å². The van der Waals surface area contributed by atoms with Crippen LogP contribution in [-0.4, -0.2) is 23.6 Å². The molecule has 0 spiro atoms. The highest BCUT2D eigenvalue weighted by atomic mass is 16.6. The summed E-state index contributed by atoms with van der Waals surface area (Å²) in [6.45, 7) is 4.83. The zero-order valence-electron chi connectivity index (χ0n) is 11.0. The van der Waals surface area contributed by atoms with E-state index < -0.39 is 10.5 Å². The number of hydrogen-bond acceptors (Lipinski definition) is 5. The third-order valence-corrected chi connectivity index (χ3v) is 2.73. The first-order valence-electron chi connectivity index (χ1n) is 6.04. The average Bonchev–Trinajstić information content (AvgIpc) is 2.39. The number of benzene rings is 1. The Balaban J connectivity index is 2.49. The minimum absolute atomic E-state index is 0.0295. The summed E-state index contributed by atoms with van der Waals surface area (Å²) in [6.07, 6.45) is 0.536. The Labute approximate surface area is 112 Å². The van der Waals surface area contributed by atoms with Crippen molar-refractivity contribution in [2.75, 3.05) is 13.2 Å². The predicted octanol–water partition coefficient (Wildman–Crippen LogP) is 2.26. The molecule has 1 rings (SSSR count). The second kappa shape index (κ2) is 6.71. The van der Waals surface area contributed by atoms with Crippen molar-refractivity contribution in [1.29, 1.82) is 5.26 Å². The Kier molecular flexibility index (Phi) is 5.27. The van der Waals surface area contributed by atoms with E-state index in [1.165, 1.54) is 12.1 Å². The summed E-state index contributed by atoms with van der Waals surface area (Å²) < 4.78 is 5.47. The van der Waals surface area contributed by atoms with Crippen molar-refractivity contribution in [3.05, 3.63) is 34.4 Å². The highest BCUT2D eigenvalue weighted by Gasteiger charge is 2.21. The van der Waals surface area contributed by atoms with E-state index in [-0.39, 0.29) is 5.69 Å². The minimum Gasteiger partial charge on any atom is -0.493 e. The van der Waals surface area contributed by atoms with Gasteiger partial charge in [-0.15, -0.1) is 0 Å². The molecule has 1 atom stereocenters. The van der Waals surface area contributed by atoms with E-state index in [0.717, 1.165) is 0 Å². The lowest BCUT2D eigenvalue weighted by Gasteiger charge is -2.22. The quantitative estimate of drug-likeness (QED) is 0.602. The number of non-ortho nitro benzene ring substituents is 1. The molecular formula is C13H17N3O3. The molecular weight excluding hydrogens is 246 g/mol. The summed E-state index contributed by atoms with van der Waals surface area (Å²) in [4.78, 5) is 10.0. The van der Waals surface area contributed by atoms with Gasteiger partial charge in [0.05, 0.1) is 17.6 Å². The van der Waals surface area contributed by atoms with Crippen molar-refractivity contribution in [2.24, 2.45) is 0 Å². The van der Waals surface area contributed by atoms with E-state index in [4.69, 9.17) is 10.00 Å². The largest absolute Gasteiger partial charge is 0.493 e. The summed E-state index contributed by atoms with van der Waals surface area (Å²) in [5.41, 5.74) is -0.586. The maximum Gasteiger partial charge on any atom is 0.269 e. The van der Waals surface area contributed by atoms with E-state index in [2.05, 4.69) is 11.4 Å². The van der Waals surface area contributed by atoms with E-state index >= 15 is 0 Å². The minimum atomic E-state index is -0.616. The van der Waals surface area contributed by atoms with Crippen molar-refractivity contribution >= 4 is 5.69 Å². The van der Waals surface area contributed by atoms with Crippen molar-refractivity contribution in [1.82, 2.24) is 5.32 Å². The molecule has 0 aliphatic heterocycles. The van der Waals surface area contributed by atoms with Crippen molar-refractivity contribution in [3.63, 3.8) is 0 Å². The smallest absolute Gasteiger partial charge is 0.269 e. The van der Waals surface area contributed by atoms with Gasteiger partial charge in [0, 0.05) is 18.6 Å². The van der Waals surface area contributed by atoms with Crippen LogP contribution in [0.3, 0.4) is 0 Å². The van der Waals surface area contributed by atoms with Crippen LogP contribution in [0.5, 0.6) is 5.75 Å². The second-order valence-corrected chi connectivity index (χ2v) is 4.32. The first-order valence-corrected chi connectivity index (χ1v) is 6.04. The van der Waals surface area contributed by atoms with Crippen molar-refractivity contribution < 1.29 is 9.66 Å². The molecule has 0 amide bonds. The molecule has 1 aromatic carbocycles. The molecule has 0 saturated heterocycles. The molecule has 0 heterocycles. The van der Waals surface area contributed by atoms with Crippen LogP contribution in [0.15, 0.2) is 24.3 Å². The number of nitrogens with one attached hydrogen (secondary N) is 1. The van der Waals surface area contributed by atoms with Gasteiger partial charge in [-0.2, -0.15) is 5.26 Å². The summed E-state index contributed by atoms with van der Waals surface area (Å²) >= 11 is 0. The van der Waals surface area contributed by atoms with Crippen LogP contribution in [0.2, 0.25) is 0 Å². The zero-order chi connectivity index (χ0) is 14.3. The van der Waals surface area contributed by atoms with E-state index in [1.807, 2.05) is 13.8 Å². The fourth-order valence-electron chi connectivity index (χ4n) is 1.61. The molecule has 0 saturated carbocycles. The van der Waals surface area contributed by atoms with E-state index in [1.54, 1.807) is 12.1 Å². The number of ether oxygens (including phenoxy) is 1. The molecule has 0 aliphatic rings. The van der Waals surface area contributed by atoms with Gasteiger partial charge in [0.1, 0.15) is 11.3 Å². The van der Waals surface area contributed by atoms with Gasteiger partial charge < -0.3 is 4.74 Å². The Bertz CT molecular complexity index is 467. The molecule has 1 N–H and O–H groups in total. The Morgan fingerprint density at radius 2 is 2.11 bits per heavy atom. The lowest BCUT2D eigenvalue weighted by atomic mass is 10.0. The fourth-order valence-corrected chi connectivity index (χ4v) is 1.61. The standard InChI is InChI=1S/C13H17N3O3/c1-3-15-13(2,10-14)8-9-19-12-6-4-11(5-7-12)16(17)18/h4-7,15H,3,8-9H2,1-2H3. The number of nitriles is 1. The van der Waals surface area contributed by atoms with Crippen molar-refractivity contribution in [2.45, 2.75) is 25.8 Å². The first kappa shape index (κ1) is 14.9. The molecule has 1 unspecified atom stereocenters. The zero-order valence-corrected chi connectivity index (χ0v) is 11.0. The van der Waals surface area contributed by atoms with Crippen LogP contribution < -0.4 is 10.1 Å². The van der Waals surface area contributed by atoms with Gasteiger partial charge in [0.2, 0.25) is 0 Å². The van der Waals surface area contributed by atoms with Gasteiger partial charge in [-0.25, -0.2) is 0 Å². The van der Waals surface area contributed by atoms with Crippen LogP contribution in [-0.2, 0) is 0 Å². The van der Waals surface area contributed by atoms with Gasteiger partial charge in [0.25, 0.3) is 5.69 Å². The van der Waals surface area contributed by atoms with Crippen LogP contribution in [0.1, 0.15) is 20.3 Å². The molecule has 0 aliphatic carbocycles. The van der Waals surface area contributed by atoms with Gasteiger partial charge in [-0.1, -0.05) is 6.92 Å². The maximum absolute atomic E-state index is 10.5. The molecule has 6 heteroatoms. The Morgan fingerprint density at radius 3 is 2.58 bits per heavy atom. The molecule has 0 fully saturated rings. The topological polar surface area (TPSA) is 88.2 Å². The summed E-state index contributed by atoms with van der Waals surface area (Å²) in [5.74, 6) is 0.558. The van der Waals surface area contributed by atoms with Crippen molar-refractivity contribution in [3.8, 4) is 11.8 Å². The van der Waals surface area contributed by atoms with Crippen LogP contribution in [0.4, 0.5) is 5.69 Å². The van der Waals surface area contributed by atoms with Gasteiger partial charge in [-0.05, 0) is 25.6 Å². The Morgan fingerprint density at radius 1 is 1.47 bits per heavy atom. The summed E-state index contributed by atoms with van der Waals surface area (Å²) in [5, 5.41) is 22.6. The molecule has 19 heavy (non-hydrogen) atoms. The number of hydrogen-bond donors (Lipinski definition) is 1. The lowest BCUT2D eigenvalue weighted by molar-refractivity contribution is -0.384. The van der Waals surface area contributed by atoms with Gasteiger partial charge in [0.15, 0.2) is 0 Å². The summed E-state index contributed by atoms with van der Waals surface area (Å²) in [7, 11) is 0. The SMILES string of the molecule is CCNC(C)(C#N)CCOc1ccc([N+](=O)[O-])cc1. The molecule has 6 nitrogen and oxygen atoms in total. The lowest BCUT2D eigenvalue weighted by Crippen LogP contribution is -2.42. The molecule has 1 aromatic rings. The maximum atomic E-state index is 10.5.